The topological polar surface area (TPSA) is 116 Å². The number of ether oxygens (including phenoxy) is 2. The van der Waals surface area contributed by atoms with Crippen LogP contribution in [-0.4, -0.2) is 83.4 Å². The number of fused-ring (bicyclic) bond motifs is 1. The van der Waals surface area contributed by atoms with E-state index in [0.717, 1.165) is 31.4 Å². The lowest BCUT2D eigenvalue weighted by Gasteiger charge is -2.36. The normalized spacial score (nSPS) is 20.3. The second-order valence-electron chi connectivity index (χ2n) is 12.1. The molecule has 0 fully saturated rings. The van der Waals surface area contributed by atoms with E-state index in [2.05, 4.69) is 34.5 Å². The number of urea groups is 1. The molecule has 0 bridgehead atoms. The minimum Gasteiger partial charge on any atom is -0.490 e. The van der Waals surface area contributed by atoms with Gasteiger partial charge in [0.25, 0.3) is 5.91 Å². The Kier molecular flexibility index (Phi) is 12.9. The molecule has 4 rings (SSSR count). The van der Waals surface area contributed by atoms with Crippen LogP contribution in [0.2, 0.25) is 0 Å². The maximum Gasteiger partial charge on any atom is 0.323 e. The smallest absolute Gasteiger partial charge is 0.323 e. The number of hydrogen-bond donors (Lipinski definition) is 3. The molecule has 1 aliphatic rings. The van der Waals surface area contributed by atoms with Crippen LogP contribution in [0.25, 0.3) is 0 Å². The highest BCUT2D eigenvalue weighted by Crippen LogP contribution is 2.29. The second kappa shape index (κ2) is 17.0. The van der Waals surface area contributed by atoms with Gasteiger partial charge in [-0.1, -0.05) is 6.92 Å². The van der Waals surface area contributed by atoms with Crippen molar-refractivity contribution in [3.8, 4) is 5.75 Å². The van der Waals surface area contributed by atoms with Crippen LogP contribution in [0.4, 0.5) is 20.6 Å². The van der Waals surface area contributed by atoms with Gasteiger partial charge in [-0.2, -0.15) is 0 Å². The highest BCUT2D eigenvalue weighted by atomic mass is 19.1. The van der Waals surface area contributed by atoms with Crippen LogP contribution >= 0.6 is 0 Å². The Bertz CT molecular complexity index is 1410. The summed E-state index contributed by atoms with van der Waals surface area (Å²) in [5, 5.41) is 15.6. The van der Waals surface area contributed by atoms with E-state index in [4.69, 9.17) is 9.47 Å². The van der Waals surface area contributed by atoms with Crippen molar-refractivity contribution in [2.45, 2.75) is 64.8 Å². The average molecular weight is 636 g/mol. The van der Waals surface area contributed by atoms with Crippen LogP contribution < -0.4 is 15.4 Å². The number of nitrogens with one attached hydrogen (secondary N) is 2. The van der Waals surface area contributed by atoms with Crippen molar-refractivity contribution in [1.82, 2.24) is 14.8 Å². The lowest BCUT2D eigenvalue weighted by atomic mass is 10.0. The Morgan fingerprint density at radius 3 is 2.50 bits per heavy atom. The van der Waals surface area contributed by atoms with Crippen molar-refractivity contribution >= 4 is 23.3 Å². The number of amides is 3. The summed E-state index contributed by atoms with van der Waals surface area (Å²) < 4.78 is 26.0. The summed E-state index contributed by atoms with van der Waals surface area (Å²) in [6.07, 6.45) is 5.79. The zero-order valence-corrected chi connectivity index (χ0v) is 27.1. The number of rotatable bonds is 8. The number of hydrogen-bond acceptors (Lipinski definition) is 7. The Morgan fingerprint density at radius 2 is 1.78 bits per heavy atom. The molecule has 3 N–H and O–H groups in total. The molecule has 46 heavy (non-hydrogen) atoms. The number of aliphatic hydroxyl groups excluding tert-OH is 1. The molecule has 2 aromatic carbocycles. The van der Waals surface area contributed by atoms with E-state index in [0.29, 0.717) is 36.8 Å². The molecular weight excluding hydrogens is 589 g/mol. The van der Waals surface area contributed by atoms with Gasteiger partial charge in [0.1, 0.15) is 11.6 Å². The van der Waals surface area contributed by atoms with Crippen molar-refractivity contribution in [1.29, 1.82) is 0 Å². The Labute approximate surface area is 270 Å². The molecule has 3 amide bonds. The molecule has 4 atom stereocenters. The fourth-order valence-electron chi connectivity index (χ4n) is 5.46. The molecule has 10 nitrogen and oxygen atoms in total. The van der Waals surface area contributed by atoms with Crippen molar-refractivity contribution in [3.05, 3.63) is 83.9 Å². The molecule has 1 aliphatic heterocycles. The number of benzene rings is 2. The van der Waals surface area contributed by atoms with Crippen LogP contribution in [0.3, 0.4) is 0 Å². The number of carbonyl (C=O) groups excluding carboxylic acids is 2. The molecule has 0 radical (unpaired) electrons. The molecule has 0 saturated carbocycles. The van der Waals surface area contributed by atoms with Gasteiger partial charge in [0, 0.05) is 55.9 Å². The number of anilines is 2. The van der Waals surface area contributed by atoms with Crippen LogP contribution in [0.5, 0.6) is 5.75 Å². The summed E-state index contributed by atoms with van der Waals surface area (Å²) >= 11 is 0. The first-order chi connectivity index (χ1) is 22.1. The monoisotopic (exact) mass is 635 g/mol. The Hall–Kier alpha value is -4.06. The molecule has 2 heterocycles. The van der Waals surface area contributed by atoms with Gasteiger partial charge in [0.15, 0.2) is 0 Å². The van der Waals surface area contributed by atoms with E-state index in [1.807, 2.05) is 19.1 Å². The minimum absolute atomic E-state index is 0.0631. The van der Waals surface area contributed by atoms with Gasteiger partial charge >= 0.3 is 6.03 Å². The first-order valence-electron chi connectivity index (χ1n) is 15.9. The number of carbonyl (C=O) groups is 2. The predicted molar refractivity (Wildman–Crippen MR) is 176 cm³/mol. The minimum atomic E-state index is -0.542. The van der Waals surface area contributed by atoms with Crippen molar-refractivity contribution in [2.24, 2.45) is 5.92 Å². The van der Waals surface area contributed by atoms with E-state index in [1.54, 1.807) is 42.4 Å². The largest absolute Gasteiger partial charge is 0.490 e. The summed E-state index contributed by atoms with van der Waals surface area (Å²) in [5.74, 6) is -0.381. The summed E-state index contributed by atoms with van der Waals surface area (Å²) in [6, 6.07) is 13.4. The fraction of sp³-hybridized carbons (Fsp3) is 0.457. The first-order valence-corrected chi connectivity index (χ1v) is 15.9. The summed E-state index contributed by atoms with van der Waals surface area (Å²) in [7, 11) is 2.05. The average Bonchev–Trinajstić information content (AvgIpc) is 3.04. The van der Waals surface area contributed by atoms with Gasteiger partial charge in [-0.05, 0) is 100 Å². The number of halogens is 1. The molecule has 0 aliphatic carbocycles. The van der Waals surface area contributed by atoms with Crippen LogP contribution in [0.1, 0.15) is 56.0 Å². The second-order valence-corrected chi connectivity index (χ2v) is 12.1. The number of aliphatic hydroxyl groups is 1. The Balaban J connectivity index is 1.58. The molecule has 0 unspecified atom stereocenters. The van der Waals surface area contributed by atoms with Crippen LogP contribution in [0, 0.1) is 11.7 Å². The number of nitrogens with zero attached hydrogens (tertiary/aromatic N) is 3. The molecule has 0 saturated heterocycles. The van der Waals surface area contributed by atoms with Crippen molar-refractivity contribution in [3.63, 3.8) is 0 Å². The van der Waals surface area contributed by atoms with Crippen molar-refractivity contribution < 1.29 is 28.6 Å². The molecule has 0 spiro atoms. The maximum atomic E-state index is 14.3. The van der Waals surface area contributed by atoms with E-state index in [9.17, 15) is 19.1 Å². The predicted octanol–water partition coefficient (Wildman–Crippen LogP) is 5.79. The van der Waals surface area contributed by atoms with Gasteiger partial charge < -0.3 is 30.1 Å². The summed E-state index contributed by atoms with van der Waals surface area (Å²) in [5.41, 5.74) is 2.24. The quantitative estimate of drug-likeness (QED) is 0.287. The van der Waals surface area contributed by atoms with Gasteiger partial charge in [-0.3, -0.25) is 14.7 Å². The zero-order valence-electron chi connectivity index (χ0n) is 27.1. The maximum absolute atomic E-state index is 14.3. The molecule has 248 valence electrons. The van der Waals surface area contributed by atoms with Crippen LogP contribution in [0.15, 0.2) is 67.0 Å². The third kappa shape index (κ3) is 10.2. The third-order valence-electron chi connectivity index (χ3n) is 8.10. The van der Waals surface area contributed by atoms with Gasteiger partial charge in [-0.25, -0.2) is 9.18 Å². The molecule has 3 aromatic rings. The van der Waals surface area contributed by atoms with Crippen molar-refractivity contribution in [2.75, 3.05) is 44.0 Å². The number of likely N-dealkylation sites (N-methyl/N-ethyl adjacent to an activating group) is 1. The van der Waals surface area contributed by atoms with Crippen LogP contribution in [-0.2, 0) is 11.3 Å². The standard InChI is InChI=1S/C35H46FN5O5/c1-24-20-41(25(2)23-42)34(43)31-19-30(39-35(44)38-29-10-8-28(36)9-11-29)12-13-32(31)46-26(3)7-5-6-18-45-33(24)22-40(4)21-27-14-16-37-17-15-27/h8-17,19,24-26,33,42H,5-7,18,20-23H2,1-4H3,(H2,38,39,44)/t24-,25-,26-,33+/m0/s1. The number of pyridine rings is 1. The highest BCUT2D eigenvalue weighted by Gasteiger charge is 2.30. The van der Waals surface area contributed by atoms with Gasteiger partial charge in [0.2, 0.25) is 0 Å². The SMILES string of the molecule is C[C@H]1CCCCO[C@H](CN(C)Cc2ccncc2)[C@@H](C)CN([C@@H](C)CO)C(=O)c2cc(NC(=O)Nc3ccc(F)cc3)ccc2O1. The third-order valence-corrected chi connectivity index (χ3v) is 8.10. The van der Waals surface area contributed by atoms with E-state index in [-0.39, 0.29) is 36.2 Å². The summed E-state index contributed by atoms with van der Waals surface area (Å²) in [4.78, 5) is 35.0. The van der Waals surface area contributed by atoms with Gasteiger partial charge in [0.05, 0.1) is 30.4 Å². The summed E-state index contributed by atoms with van der Waals surface area (Å²) in [6.45, 7) is 7.95. The van der Waals surface area contributed by atoms with Gasteiger partial charge in [-0.15, -0.1) is 0 Å². The molecular formula is C35H46FN5O5. The zero-order chi connectivity index (χ0) is 33.1. The molecule has 1 aromatic heterocycles. The fourth-order valence-corrected chi connectivity index (χ4v) is 5.46. The number of aromatic nitrogens is 1. The molecule has 11 heteroatoms. The van der Waals surface area contributed by atoms with E-state index in [1.165, 1.54) is 24.3 Å². The first kappa shape index (κ1) is 34.8. The highest BCUT2D eigenvalue weighted by molar-refractivity contribution is 6.02. The lowest BCUT2D eigenvalue weighted by molar-refractivity contribution is -0.0177. The Morgan fingerprint density at radius 1 is 1.09 bits per heavy atom. The van der Waals surface area contributed by atoms with E-state index < -0.39 is 17.9 Å². The van der Waals surface area contributed by atoms with E-state index >= 15 is 0 Å². The lowest BCUT2D eigenvalue weighted by Crippen LogP contribution is -2.47.